The van der Waals surface area contributed by atoms with E-state index in [4.69, 9.17) is 14.2 Å². The van der Waals surface area contributed by atoms with Gasteiger partial charge in [0, 0.05) is 18.7 Å². The van der Waals surface area contributed by atoms with Gasteiger partial charge < -0.3 is 14.2 Å². The Hall–Kier alpha value is -1.81. The molecule has 4 nitrogen and oxygen atoms in total. The summed E-state index contributed by atoms with van der Waals surface area (Å²) in [6, 6.07) is 7.81. The van der Waals surface area contributed by atoms with Crippen molar-refractivity contribution < 1.29 is 14.2 Å². The first kappa shape index (κ1) is 12.6. The number of hydrogen-bond acceptors (Lipinski definition) is 4. The highest BCUT2D eigenvalue weighted by molar-refractivity contribution is 5.87. The molecule has 2 aromatic rings. The predicted molar refractivity (Wildman–Crippen MR) is 70.3 cm³/mol. The molecule has 0 N–H and O–H groups in total. The summed E-state index contributed by atoms with van der Waals surface area (Å²) < 4.78 is 16.0. The van der Waals surface area contributed by atoms with E-state index >= 15 is 0 Å². The van der Waals surface area contributed by atoms with Crippen LogP contribution in [-0.4, -0.2) is 31.9 Å². The van der Waals surface area contributed by atoms with Gasteiger partial charge in [-0.05, 0) is 36.6 Å². The Balaban J connectivity index is 2.23. The van der Waals surface area contributed by atoms with E-state index in [1.165, 1.54) is 0 Å². The summed E-state index contributed by atoms with van der Waals surface area (Å²) in [6.45, 7) is 3.69. The van der Waals surface area contributed by atoms with Gasteiger partial charge in [-0.2, -0.15) is 0 Å². The van der Waals surface area contributed by atoms with Crippen molar-refractivity contribution in [3.05, 3.63) is 30.5 Å². The minimum atomic E-state index is 0.547. The maximum Gasteiger partial charge on any atom is 0.221 e. The van der Waals surface area contributed by atoms with Gasteiger partial charge in [-0.3, -0.25) is 0 Å². The van der Waals surface area contributed by atoms with Gasteiger partial charge >= 0.3 is 0 Å². The van der Waals surface area contributed by atoms with Crippen LogP contribution >= 0.6 is 0 Å². The minimum Gasteiger partial charge on any atom is -0.491 e. The largest absolute Gasteiger partial charge is 0.491 e. The van der Waals surface area contributed by atoms with Crippen LogP contribution in [0.25, 0.3) is 10.8 Å². The van der Waals surface area contributed by atoms with E-state index in [9.17, 15) is 0 Å². The zero-order valence-electron chi connectivity index (χ0n) is 10.7. The summed E-state index contributed by atoms with van der Waals surface area (Å²) in [5.41, 5.74) is 0. The quantitative estimate of drug-likeness (QED) is 0.736. The lowest BCUT2D eigenvalue weighted by Crippen LogP contribution is -2.04. The second-order valence-electron chi connectivity index (χ2n) is 3.77. The number of methoxy groups -OCH3 is 1. The minimum absolute atomic E-state index is 0.547. The summed E-state index contributed by atoms with van der Waals surface area (Å²) in [7, 11) is 1.66. The molecule has 96 valence electrons. The van der Waals surface area contributed by atoms with Crippen LogP contribution in [0.1, 0.15) is 6.92 Å². The molecule has 1 aromatic heterocycles. The summed E-state index contributed by atoms with van der Waals surface area (Å²) >= 11 is 0. The fraction of sp³-hybridized carbons (Fsp3) is 0.357. The Morgan fingerprint density at radius 3 is 2.78 bits per heavy atom. The van der Waals surface area contributed by atoms with Crippen molar-refractivity contribution in [1.82, 2.24) is 4.98 Å². The molecular formula is C14H17NO3. The number of aromatic nitrogens is 1. The third kappa shape index (κ3) is 2.90. The molecule has 0 saturated carbocycles. The number of benzene rings is 1. The van der Waals surface area contributed by atoms with E-state index in [0.717, 1.165) is 16.5 Å². The van der Waals surface area contributed by atoms with Crippen LogP contribution in [0, 0.1) is 0 Å². The number of hydrogen-bond donors (Lipinski definition) is 0. The van der Waals surface area contributed by atoms with Crippen molar-refractivity contribution >= 4 is 10.8 Å². The number of fused-ring (bicyclic) bond motifs is 1. The Morgan fingerprint density at radius 2 is 2.00 bits per heavy atom. The van der Waals surface area contributed by atoms with Gasteiger partial charge in [0.05, 0.1) is 13.2 Å². The molecule has 0 saturated heterocycles. The summed E-state index contributed by atoms with van der Waals surface area (Å²) in [4.78, 5) is 4.22. The number of rotatable bonds is 6. The van der Waals surface area contributed by atoms with Gasteiger partial charge in [0.2, 0.25) is 5.88 Å². The van der Waals surface area contributed by atoms with Crippen molar-refractivity contribution in [2.24, 2.45) is 0 Å². The van der Waals surface area contributed by atoms with Crippen molar-refractivity contribution in [1.29, 1.82) is 0 Å². The fourth-order valence-electron chi connectivity index (χ4n) is 1.71. The molecule has 0 spiro atoms. The standard InChI is InChI=1S/C14H17NO3/c1-3-17-14-13-5-4-12(18-9-8-16-2)10-11(13)6-7-15-14/h4-7,10H,3,8-9H2,1-2H3. The molecule has 0 atom stereocenters. The van der Waals surface area contributed by atoms with Crippen LogP contribution in [0.3, 0.4) is 0 Å². The maximum absolute atomic E-state index is 5.57. The maximum atomic E-state index is 5.57. The molecule has 1 aromatic carbocycles. The van der Waals surface area contributed by atoms with E-state index in [2.05, 4.69) is 4.98 Å². The first-order valence-electron chi connectivity index (χ1n) is 5.98. The van der Waals surface area contributed by atoms with Crippen molar-refractivity contribution in [2.45, 2.75) is 6.92 Å². The molecule has 1 heterocycles. The normalized spacial score (nSPS) is 10.6. The van der Waals surface area contributed by atoms with Gasteiger partial charge in [0.15, 0.2) is 0 Å². The average molecular weight is 247 g/mol. The Kier molecular flexibility index (Phi) is 4.36. The van der Waals surface area contributed by atoms with Gasteiger partial charge in [-0.25, -0.2) is 4.98 Å². The molecule has 0 radical (unpaired) electrons. The zero-order valence-corrected chi connectivity index (χ0v) is 10.7. The second-order valence-corrected chi connectivity index (χ2v) is 3.77. The summed E-state index contributed by atoms with van der Waals surface area (Å²) in [5, 5.41) is 2.06. The van der Waals surface area contributed by atoms with Gasteiger partial charge in [0.25, 0.3) is 0 Å². The lowest BCUT2D eigenvalue weighted by Gasteiger charge is -2.09. The van der Waals surface area contributed by atoms with Crippen LogP contribution in [0.2, 0.25) is 0 Å². The van der Waals surface area contributed by atoms with Crippen molar-refractivity contribution in [3.8, 4) is 11.6 Å². The highest BCUT2D eigenvalue weighted by Gasteiger charge is 2.04. The van der Waals surface area contributed by atoms with E-state index in [-0.39, 0.29) is 0 Å². The highest BCUT2D eigenvalue weighted by atomic mass is 16.5. The predicted octanol–water partition coefficient (Wildman–Crippen LogP) is 2.66. The topological polar surface area (TPSA) is 40.6 Å². The average Bonchev–Trinajstić information content (AvgIpc) is 2.39. The molecule has 0 aliphatic carbocycles. The molecule has 0 bridgehead atoms. The Bertz CT molecular complexity index is 513. The van der Waals surface area contributed by atoms with Crippen LogP contribution in [0.5, 0.6) is 11.6 Å². The van der Waals surface area contributed by atoms with Crippen LogP contribution in [-0.2, 0) is 4.74 Å². The third-order valence-corrected chi connectivity index (χ3v) is 2.54. The van der Waals surface area contributed by atoms with Gasteiger partial charge in [0.1, 0.15) is 12.4 Å². The second kappa shape index (κ2) is 6.21. The Labute approximate surface area is 106 Å². The molecule has 0 unspecified atom stereocenters. The molecule has 0 aliphatic rings. The number of ether oxygens (including phenoxy) is 3. The van der Waals surface area contributed by atoms with E-state index in [1.807, 2.05) is 31.2 Å². The van der Waals surface area contributed by atoms with E-state index in [1.54, 1.807) is 13.3 Å². The van der Waals surface area contributed by atoms with Crippen molar-refractivity contribution in [3.63, 3.8) is 0 Å². The van der Waals surface area contributed by atoms with Crippen molar-refractivity contribution in [2.75, 3.05) is 26.9 Å². The van der Waals surface area contributed by atoms with E-state index < -0.39 is 0 Å². The monoisotopic (exact) mass is 247 g/mol. The number of pyridine rings is 1. The van der Waals surface area contributed by atoms with E-state index in [0.29, 0.717) is 25.7 Å². The lowest BCUT2D eigenvalue weighted by molar-refractivity contribution is 0.146. The first-order valence-corrected chi connectivity index (χ1v) is 5.98. The highest BCUT2D eigenvalue weighted by Crippen LogP contribution is 2.26. The molecule has 0 fully saturated rings. The smallest absolute Gasteiger partial charge is 0.221 e. The SMILES string of the molecule is CCOc1nccc2cc(OCCOC)ccc12. The van der Waals surface area contributed by atoms with Crippen LogP contribution in [0.15, 0.2) is 30.5 Å². The zero-order chi connectivity index (χ0) is 12.8. The van der Waals surface area contributed by atoms with Crippen LogP contribution < -0.4 is 9.47 Å². The Morgan fingerprint density at radius 1 is 1.11 bits per heavy atom. The first-order chi connectivity index (χ1) is 8.85. The summed E-state index contributed by atoms with van der Waals surface area (Å²) in [6.07, 6.45) is 1.74. The van der Waals surface area contributed by atoms with Gasteiger partial charge in [-0.15, -0.1) is 0 Å². The van der Waals surface area contributed by atoms with Crippen LogP contribution in [0.4, 0.5) is 0 Å². The summed E-state index contributed by atoms with van der Waals surface area (Å²) in [5.74, 6) is 1.49. The van der Waals surface area contributed by atoms with Gasteiger partial charge in [-0.1, -0.05) is 0 Å². The molecular weight excluding hydrogens is 230 g/mol. The molecule has 4 heteroatoms. The molecule has 2 rings (SSSR count). The number of nitrogens with zero attached hydrogens (tertiary/aromatic N) is 1. The molecule has 18 heavy (non-hydrogen) atoms. The molecule has 0 amide bonds. The fourth-order valence-corrected chi connectivity index (χ4v) is 1.71. The third-order valence-electron chi connectivity index (χ3n) is 2.54. The lowest BCUT2D eigenvalue weighted by atomic mass is 10.1. The molecule has 0 aliphatic heterocycles.